The first-order valence-corrected chi connectivity index (χ1v) is 8.70. The van der Waals surface area contributed by atoms with Gasteiger partial charge in [0.25, 0.3) is 0 Å². The molecule has 0 spiro atoms. The van der Waals surface area contributed by atoms with Gasteiger partial charge in [0.1, 0.15) is 11.3 Å². The molecule has 0 aliphatic heterocycles. The van der Waals surface area contributed by atoms with Crippen LogP contribution in [0.4, 0.5) is 5.69 Å². The van der Waals surface area contributed by atoms with E-state index in [2.05, 4.69) is 9.98 Å². The molecule has 0 amide bonds. The Morgan fingerprint density at radius 1 is 1.30 bits per heavy atom. The first kappa shape index (κ1) is 18.7. The molecule has 3 rings (SSSR count). The zero-order chi connectivity index (χ0) is 19.4. The quantitative estimate of drug-likeness (QED) is 0.535. The van der Waals surface area contributed by atoms with Crippen molar-refractivity contribution in [2.45, 2.75) is 20.0 Å². The number of hydrogen-bond acceptors (Lipinski definition) is 6. The van der Waals surface area contributed by atoms with Crippen LogP contribution in [-0.2, 0) is 9.53 Å². The Labute approximate surface area is 160 Å². The van der Waals surface area contributed by atoms with E-state index in [1.807, 2.05) is 0 Å². The number of ether oxygens (including phenoxy) is 2. The molecule has 0 aliphatic rings. The molecule has 1 atom stereocenters. The summed E-state index contributed by atoms with van der Waals surface area (Å²) in [4.78, 5) is 20.2. The molecular weight excluding hydrogens is 370 g/mol. The van der Waals surface area contributed by atoms with Gasteiger partial charge in [-0.3, -0.25) is 4.98 Å². The number of halogens is 1. The number of benzene rings is 2. The SMILES string of the molecule is CCOC(=O)C(C)Oc1ccc(N=c2cnc3cc(Cl)ccc3n2O)cc1. The van der Waals surface area contributed by atoms with Crippen molar-refractivity contribution in [3.05, 3.63) is 59.2 Å². The van der Waals surface area contributed by atoms with Gasteiger partial charge in [0.2, 0.25) is 0 Å². The van der Waals surface area contributed by atoms with Gasteiger partial charge >= 0.3 is 5.97 Å². The summed E-state index contributed by atoms with van der Waals surface area (Å²) in [5.41, 5.74) is 1.90. The summed E-state index contributed by atoms with van der Waals surface area (Å²) in [5.74, 6) is 0.0904. The first-order chi connectivity index (χ1) is 13.0. The zero-order valence-corrected chi connectivity index (χ0v) is 15.6. The molecule has 0 fully saturated rings. The highest BCUT2D eigenvalue weighted by molar-refractivity contribution is 6.31. The van der Waals surface area contributed by atoms with Gasteiger partial charge < -0.3 is 14.7 Å². The molecule has 1 heterocycles. The molecule has 0 radical (unpaired) electrons. The Morgan fingerprint density at radius 3 is 2.74 bits per heavy atom. The van der Waals surface area contributed by atoms with Crippen molar-refractivity contribution in [2.24, 2.45) is 4.99 Å². The zero-order valence-electron chi connectivity index (χ0n) is 14.8. The van der Waals surface area contributed by atoms with E-state index in [4.69, 9.17) is 21.1 Å². The topological polar surface area (TPSA) is 85.9 Å². The predicted octanol–water partition coefficient (Wildman–Crippen LogP) is 3.49. The Hall–Kier alpha value is -3.06. The molecular formula is C19H18ClN3O4. The van der Waals surface area contributed by atoms with Crippen LogP contribution in [0.1, 0.15) is 13.8 Å². The smallest absolute Gasteiger partial charge is 0.347 e. The van der Waals surface area contributed by atoms with Crippen molar-refractivity contribution >= 4 is 34.3 Å². The van der Waals surface area contributed by atoms with Crippen LogP contribution in [0.15, 0.2) is 53.7 Å². The van der Waals surface area contributed by atoms with Gasteiger partial charge in [-0.1, -0.05) is 11.6 Å². The van der Waals surface area contributed by atoms with Gasteiger partial charge in [0.15, 0.2) is 11.6 Å². The van der Waals surface area contributed by atoms with E-state index in [0.717, 1.165) is 4.73 Å². The average Bonchev–Trinajstić information content (AvgIpc) is 2.65. The van der Waals surface area contributed by atoms with Gasteiger partial charge in [0.05, 0.1) is 24.0 Å². The van der Waals surface area contributed by atoms with E-state index in [0.29, 0.717) is 34.1 Å². The van der Waals surface area contributed by atoms with E-state index in [1.54, 1.807) is 56.3 Å². The summed E-state index contributed by atoms with van der Waals surface area (Å²) in [6, 6.07) is 11.8. The van der Waals surface area contributed by atoms with Crippen LogP contribution in [0.25, 0.3) is 11.0 Å². The Balaban J connectivity index is 1.83. The first-order valence-electron chi connectivity index (χ1n) is 8.32. The van der Waals surface area contributed by atoms with E-state index >= 15 is 0 Å². The van der Waals surface area contributed by atoms with Gasteiger partial charge in [0, 0.05) is 5.02 Å². The maximum Gasteiger partial charge on any atom is 0.347 e. The number of esters is 1. The Morgan fingerprint density at radius 2 is 2.04 bits per heavy atom. The van der Waals surface area contributed by atoms with Gasteiger partial charge in [-0.15, -0.1) is 0 Å². The minimum absolute atomic E-state index is 0.262. The molecule has 2 aromatic carbocycles. The number of carbonyl (C=O) groups is 1. The standard InChI is InChI=1S/C19H18ClN3O4/c1-3-26-19(24)12(2)27-15-7-5-14(6-8-15)22-18-11-21-16-10-13(20)4-9-17(16)23(18)25/h4-12,25H,3H2,1-2H3. The van der Waals surface area contributed by atoms with Crippen LogP contribution in [-0.4, -0.2) is 33.6 Å². The lowest BCUT2D eigenvalue weighted by Crippen LogP contribution is -2.25. The Bertz CT molecular complexity index is 1030. The van der Waals surface area contributed by atoms with E-state index in [9.17, 15) is 10.0 Å². The predicted molar refractivity (Wildman–Crippen MR) is 100 cm³/mol. The molecule has 0 saturated heterocycles. The second-order valence-corrected chi connectivity index (χ2v) is 6.12. The van der Waals surface area contributed by atoms with E-state index < -0.39 is 12.1 Å². The molecule has 0 saturated carbocycles. The molecule has 8 heteroatoms. The van der Waals surface area contributed by atoms with Crippen molar-refractivity contribution < 1.29 is 19.5 Å². The summed E-state index contributed by atoms with van der Waals surface area (Å²) in [6.45, 7) is 3.67. The lowest BCUT2D eigenvalue weighted by atomic mass is 10.3. The molecule has 1 aromatic heterocycles. The third kappa shape index (κ3) is 4.38. The third-order valence-electron chi connectivity index (χ3n) is 3.71. The molecule has 27 heavy (non-hydrogen) atoms. The molecule has 0 bridgehead atoms. The van der Waals surface area contributed by atoms with E-state index in [1.165, 1.54) is 6.20 Å². The highest BCUT2D eigenvalue weighted by Crippen LogP contribution is 2.19. The maximum atomic E-state index is 11.6. The third-order valence-corrected chi connectivity index (χ3v) is 3.95. The summed E-state index contributed by atoms with van der Waals surface area (Å²) >= 11 is 5.93. The molecule has 1 unspecified atom stereocenters. The van der Waals surface area contributed by atoms with Crippen molar-refractivity contribution in [1.29, 1.82) is 0 Å². The van der Waals surface area contributed by atoms with Crippen LogP contribution < -0.4 is 10.2 Å². The number of carbonyl (C=O) groups excluding carboxylic acids is 1. The van der Waals surface area contributed by atoms with Crippen LogP contribution in [0, 0.1) is 0 Å². The fraction of sp³-hybridized carbons (Fsp3) is 0.211. The van der Waals surface area contributed by atoms with Gasteiger partial charge in [-0.05, 0) is 56.3 Å². The second kappa shape index (κ2) is 8.09. The lowest BCUT2D eigenvalue weighted by Gasteiger charge is -2.13. The van der Waals surface area contributed by atoms with Crippen molar-refractivity contribution in [3.8, 4) is 5.75 Å². The minimum atomic E-state index is -0.705. The fourth-order valence-electron chi connectivity index (χ4n) is 2.40. The lowest BCUT2D eigenvalue weighted by molar-refractivity contribution is -0.150. The van der Waals surface area contributed by atoms with Crippen LogP contribution >= 0.6 is 11.6 Å². The van der Waals surface area contributed by atoms with Crippen LogP contribution in [0.2, 0.25) is 5.02 Å². The number of fused-ring (bicyclic) bond motifs is 1. The number of nitrogens with zero attached hydrogens (tertiary/aromatic N) is 3. The summed E-state index contributed by atoms with van der Waals surface area (Å²) < 4.78 is 11.4. The highest BCUT2D eigenvalue weighted by atomic mass is 35.5. The number of rotatable bonds is 5. The number of aromatic nitrogens is 2. The second-order valence-electron chi connectivity index (χ2n) is 5.68. The monoisotopic (exact) mass is 387 g/mol. The molecule has 0 aliphatic carbocycles. The average molecular weight is 388 g/mol. The highest BCUT2D eigenvalue weighted by Gasteiger charge is 2.15. The normalized spacial score (nSPS) is 12.8. The fourth-order valence-corrected chi connectivity index (χ4v) is 2.57. The van der Waals surface area contributed by atoms with Crippen molar-refractivity contribution in [2.75, 3.05) is 6.61 Å². The summed E-state index contributed by atoms with van der Waals surface area (Å²) in [7, 11) is 0. The minimum Gasteiger partial charge on any atom is -0.479 e. The molecule has 1 N–H and O–H groups in total. The molecule has 7 nitrogen and oxygen atoms in total. The maximum absolute atomic E-state index is 11.6. The summed E-state index contributed by atoms with van der Waals surface area (Å²) in [5, 5.41) is 10.9. The van der Waals surface area contributed by atoms with Crippen LogP contribution in [0.3, 0.4) is 0 Å². The molecule has 3 aromatic rings. The summed E-state index contributed by atoms with van der Waals surface area (Å²) in [6.07, 6.45) is 0.746. The van der Waals surface area contributed by atoms with Crippen LogP contribution in [0.5, 0.6) is 5.75 Å². The van der Waals surface area contributed by atoms with Crippen molar-refractivity contribution in [1.82, 2.24) is 9.71 Å². The molecule has 140 valence electrons. The van der Waals surface area contributed by atoms with Crippen molar-refractivity contribution in [3.63, 3.8) is 0 Å². The van der Waals surface area contributed by atoms with Gasteiger partial charge in [-0.25, -0.2) is 9.79 Å². The Kier molecular flexibility index (Phi) is 5.61. The van der Waals surface area contributed by atoms with E-state index in [-0.39, 0.29) is 5.49 Å². The number of hydrogen-bond donors (Lipinski definition) is 1. The largest absolute Gasteiger partial charge is 0.479 e. The van der Waals surface area contributed by atoms with Gasteiger partial charge in [-0.2, -0.15) is 4.73 Å².